The van der Waals surface area contributed by atoms with E-state index in [4.69, 9.17) is 24.9 Å². The van der Waals surface area contributed by atoms with Crippen LogP contribution in [0.1, 0.15) is 23.0 Å². The molecule has 2 unspecified atom stereocenters. The van der Waals surface area contributed by atoms with Crippen LogP contribution in [0.2, 0.25) is 0 Å². The van der Waals surface area contributed by atoms with Gasteiger partial charge in [0.15, 0.2) is 23.3 Å². The molecule has 2 aromatic rings. The molecule has 0 aliphatic carbocycles. The number of aromatic nitrogens is 2. The normalized spacial score (nSPS) is 20.8. The van der Waals surface area contributed by atoms with E-state index in [0.29, 0.717) is 0 Å². The maximum atomic E-state index is 14.1. The van der Waals surface area contributed by atoms with Crippen LogP contribution in [-0.4, -0.2) is 72.0 Å². The van der Waals surface area contributed by atoms with Gasteiger partial charge in [0, 0.05) is 30.6 Å². The lowest BCUT2D eigenvalue weighted by molar-refractivity contribution is -0.0449. The zero-order valence-corrected chi connectivity index (χ0v) is 24.9. The SMILES string of the molecule is [N-]=[N+]=Nc1c(F)c(F)c(C(=O)NCCNc2ccn([C@H]3C[C@H](O)[C@@H](COP(=O)(O)OP(=O)(O)OP(=O)(O)O)O3)c(=O)n2)c(F)c1F. The van der Waals surface area contributed by atoms with Gasteiger partial charge in [-0.15, -0.1) is 0 Å². The number of carbonyl (C=O) groups is 1. The Morgan fingerprint density at radius 1 is 1.09 bits per heavy atom. The minimum Gasteiger partial charge on any atom is -0.390 e. The van der Waals surface area contributed by atoms with Crippen molar-refractivity contribution < 1.29 is 78.6 Å². The molecule has 21 nitrogen and oxygen atoms in total. The van der Waals surface area contributed by atoms with Gasteiger partial charge in [0.25, 0.3) is 5.91 Å². The highest BCUT2D eigenvalue weighted by atomic mass is 31.3. The van der Waals surface area contributed by atoms with Gasteiger partial charge >= 0.3 is 29.2 Å². The molecule has 28 heteroatoms. The molecule has 5 atom stereocenters. The number of carbonyl (C=O) groups excluding carboxylic acids is 1. The molecule has 1 fully saturated rings. The van der Waals surface area contributed by atoms with E-state index in [0.717, 1.165) is 10.8 Å². The Labute approximate surface area is 251 Å². The van der Waals surface area contributed by atoms with Crippen molar-refractivity contribution in [3.8, 4) is 0 Å². The van der Waals surface area contributed by atoms with Crippen molar-refractivity contribution >= 4 is 40.9 Å². The third kappa shape index (κ3) is 9.62. The predicted octanol–water partition coefficient (Wildman–Crippen LogP) is 1.58. The molecule has 1 amide bonds. The van der Waals surface area contributed by atoms with Gasteiger partial charge in [-0.1, -0.05) is 5.11 Å². The van der Waals surface area contributed by atoms with Gasteiger partial charge in [-0.25, -0.2) is 36.1 Å². The number of nitrogens with one attached hydrogen (secondary N) is 2. The molecule has 1 aliphatic rings. The number of rotatable bonds is 14. The molecule has 2 heterocycles. The summed E-state index contributed by atoms with van der Waals surface area (Å²) in [5.41, 5.74) is 4.06. The second-order valence-electron chi connectivity index (χ2n) is 8.67. The van der Waals surface area contributed by atoms with Gasteiger partial charge in [-0.3, -0.25) is 13.9 Å². The summed E-state index contributed by atoms with van der Waals surface area (Å²) >= 11 is 0. The highest BCUT2D eigenvalue weighted by Crippen LogP contribution is 2.66. The summed E-state index contributed by atoms with van der Waals surface area (Å²) in [6.07, 6.45) is -3.29. The molecule has 0 spiro atoms. The van der Waals surface area contributed by atoms with Gasteiger partial charge in [-0.05, 0) is 11.6 Å². The molecule has 3 rings (SSSR count). The fourth-order valence-electron chi connectivity index (χ4n) is 3.64. The molecule has 1 aromatic carbocycles. The van der Waals surface area contributed by atoms with E-state index in [1.165, 1.54) is 6.07 Å². The van der Waals surface area contributed by atoms with Gasteiger partial charge in [-0.2, -0.15) is 13.6 Å². The second kappa shape index (κ2) is 14.7. The Hall–Kier alpha value is -3.27. The van der Waals surface area contributed by atoms with Crippen molar-refractivity contribution in [2.75, 3.05) is 25.0 Å². The number of aliphatic hydroxyl groups is 1. The van der Waals surface area contributed by atoms with Crippen molar-refractivity contribution in [1.29, 1.82) is 0 Å². The number of hydrogen-bond donors (Lipinski definition) is 7. The van der Waals surface area contributed by atoms with E-state index >= 15 is 0 Å². The van der Waals surface area contributed by atoms with Crippen molar-refractivity contribution in [3.63, 3.8) is 0 Å². The van der Waals surface area contributed by atoms with E-state index < -0.39 is 101 Å². The number of phosphoric ester groups is 1. The van der Waals surface area contributed by atoms with E-state index in [1.54, 1.807) is 0 Å². The quantitative estimate of drug-likeness (QED) is 0.0276. The van der Waals surface area contributed by atoms with E-state index in [2.05, 4.69) is 28.6 Å². The van der Waals surface area contributed by atoms with Crippen LogP contribution >= 0.6 is 23.5 Å². The first-order valence-electron chi connectivity index (χ1n) is 11.9. The molecule has 254 valence electrons. The minimum absolute atomic E-state index is 0.105. The third-order valence-electron chi connectivity index (χ3n) is 5.49. The van der Waals surface area contributed by atoms with Crippen LogP contribution in [0, 0.1) is 23.3 Å². The van der Waals surface area contributed by atoms with Gasteiger partial charge < -0.3 is 40.1 Å². The largest absolute Gasteiger partial charge is 0.490 e. The Bertz CT molecular complexity index is 1730. The molecule has 46 heavy (non-hydrogen) atoms. The maximum Gasteiger partial charge on any atom is 0.490 e. The van der Waals surface area contributed by atoms with Crippen molar-refractivity contribution in [2.45, 2.75) is 24.9 Å². The Balaban J connectivity index is 1.55. The fraction of sp³-hybridized carbons (Fsp3) is 0.389. The maximum absolute atomic E-state index is 14.1. The number of phosphoric acid groups is 3. The summed E-state index contributed by atoms with van der Waals surface area (Å²) in [6.45, 7) is -1.65. The van der Waals surface area contributed by atoms with E-state index in [-0.39, 0.29) is 18.8 Å². The summed E-state index contributed by atoms with van der Waals surface area (Å²) in [5, 5.41) is 17.2. The lowest BCUT2D eigenvalue weighted by Gasteiger charge is -2.19. The van der Waals surface area contributed by atoms with E-state index in [9.17, 15) is 50.8 Å². The van der Waals surface area contributed by atoms with Crippen LogP contribution in [0.15, 0.2) is 22.2 Å². The molecule has 0 radical (unpaired) electrons. The standard InChI is InChI=1S/C18H20F4N7O14P3/c19-12-11(13(20)15(22)16(14(12)21)27-28-23)17(31)25-3-2-24-9-1-4-29(18(32)26-9)10-5-7(30)8(41-10)6-40-45(36,37)43-46(38,39)42-44(33,34)35/h1,4,7-8,10,30H,2-3,5-6H2,(H,25,31)(H,36,37)(H,38,39)(H,24,26,32)(H2,33,34,35)/t7-,8+,10+/m0/s1. The molecule has 7 N–H and O–H groups in total. The highest BCUT2D eigenvalue weighted by molar-refractivity contribution is 7.66. The topological polar surface area (TPSA) is 314 Å². The summed E-state index contributed by atoms with van der Waals surface area (Å²) in [4.78, 5) is 66.1. The number of nitrogens with zero attached hydrogens (tertiary/aromatic N) is 5. The summed E-state index contributed by atoms with van der Waals surface area (Å²) in [7, 11) is -16.9. The number of amides is 1. The molecular formula is C18H20F4N7O14P3. The summed E-state index contributed by atoms with van der Waals surface area (Å²) in [6, 6.07) is 1.21. The monoisotopic (exact) mass is 727 g/mol. The number of anilines is 1. The zero-order valence-electron chi connectivity index (χ0n) is 22.2. The van der Waals surface area contributed by atoms with Crippen LogP contribution in [0.25, 0.3) is 10.4 Å². The van der Waals surface area contributed by atoms with E-state index in [1.807, 2.05) is 10.2 Å². The average Bonchev–Trinajstić information content (AvgIpc) is 3.29. The molecule has 1 aromatic heterocycles. The molecule has 1 aliphatic heterocycles. The van der Waals surface area contributed by atoms with Gasteiger partial charge in [0.2, 0.25) is 0 Å². The molecule has 0 bridgehead atoms. The van der Waals surface area contributed by atoms with Crippen molar-refractivity contribution in [1.82, 2.24) is 14.9 Å². The van der Waals surface area contributed by atoms with Gasteiger partial charge in [0.1, 0.15) is 29.4 Å². The van der Waals surface area contributed by atoms with Crippen LogP contribution in [-0.2, 0) is 31.6 Å². The van der Waals surface area contributed by atoms with Crippen LogP contribution in [0.4, 0.5) is 29.1 Å². The first-order valence-corrected chi connectivity index (χ1v) is 16.4. The predicted molar refractivity (Wildman–Crippen MR) is 139 cm³/mol. The Kier molecular flexibility index (Phi) is 11.8. The summed E-state index contributed by atoms with van der Waals surface area (Å²) in [5.74, 6) is -10.1. The first kappa shape index (κ1) is 37.2. The van der Waals surface area contributed by atoms with Crippen LogP contribution in [0.3, 0.4) is 0 Å². The molecule has 0 saturated carbocycles. The number of aliphatic hydroxyl groups excluding tert-OH is 1. The number of halogens is 4. The molecule has 1 saturated heterocycles. The zero-order chi connectivity index (χ0) is 34.6. The third-order valence-corrected chi connectivity index (χ3v) is 9.29. The van der Waals surface area contributed by atoms with Gasteiger partial charge in [0.05, 0.1) is 12.7 Å². The summed E-state index contributed by atoms with van der Waals surface area (Å²) < 4.78 is 108. The van der Waals surface area contributed by atoms with Crippen molar-refractivity contribution in [2.24, 2.45) is 5.11 Å². The highest BCUT2D eigenvalue weighted by Gasteiger charge is 2.43. The molecular weight excluding hydrogens is 707 g/mol. The smallest absolute Gasteiger partial charge is 0.390 e. The minimum atomic E-state index is -5.78. The fourth-order valence-corrected chi connectivity index (χ4v) is 6.67. The average molecular weight is 727 g/mol. The lowest BCUT2D eigenvalue weighted by Crippen LogP contribution is -2.32. The van der Waals surface area contributed by atoms with Crippen LogP contribution < -0.4 is 16.3 Å². The van der Waals surface area contributed by atoms with Crippen LogP contribution in [0.5, 0.6) is 0 Å². The number of hydrogen-bond acceptors (Lipinski definition) is 13. The Morgan fingerprint density at radius 3 is 2.28 bits per heavy atom. The van der Waals surface area contributed by atoms with Crippen molar-refractivity contribution in [3.05, 3.63) is 62.0 Å². The number of azide groups is 1. The number of ether oxygens (including phenoxy) is 1. The first-order chi connectivity index (χ1) is 21.2. The lowest BCUT2D eigenvalue weighted by atomic mass is 10.1. The number of benzene rings is 1. The Morgan fingerprint density at radius 2 is 1.72 bits per heavy atom. The second-order valence-corrected chi connectivity index (χ2v) is 13.1.